The highest BCUT2D eigenvalue weighted by molar-refractivity contribution is 7.79. The molecule has 0 aliphatic heterocycles. The third-order valence-electron chi connectivity index (χ3n) is 1.85. The topological polar surface area (TPSA) is 46.0 Å². The average Bonchev–Trinajstić information content (AvgIpc) is 2.18. The summed E-state index contributed by atoms with van der Waals surface area (Å²) in [4.78, 5) is 7.88. The summed E-state index contributed by atoms with van der Waals surface area (Å²) in [6.45, 7) is 0. The largest absolute Gasteiger partial charge is 0.507 e. The van der Waals surface area contributed by atoms with Crippen LogP contribution in [0.15, 0.2) is 24.7 Å². The van der Waals surface area contributed by atoms with Crippen LogP contribution < -0.4 is 0 Å². The van der Waals surface area contributed by atoms with Crippen molar-refractivity contribution >= 4 is 23.5 Å². The van der Waals surface area contributed by atoms with Crippen molar-refractivity contribution in [3.8, 4) is 5.75 Å². The van der Waals surface area contributed by atoms with E-state index in [1.54, 1.807) is 12.3 Å². The summed E-state index contributed by atoms with van der Waals surface area (Å²) in [6.07, 6.45) is 3.06. The molecule has 1 aromatic carbocycles. The fourth-order valence-corrected chi connectivity index (χ4v) is 1.40. The Hall–Kier alpha value is -1.29. The highest BCUT2D eigenvalue weighted by Gasteiger charge is 2.02. The van der Waals surface area contributed by atoms with Crippen molar-refractivity contribution in [2.45, 2.75) is 5.75 Å². The third-order valence-corrected chi connectivity index (χ3v) is 2.21. The number of phenols is 1. The quantitative estimate of drug-likeness (QED) is 0.677. The first-order chi connectivity index (χ1) is 6.31. The maximum absolute atomic E-state index is 9.57. The second-order valence-corrected chi connectivity index (χ2v) is 3.04. The van der Waals surface area contributed by atoms with E-state index in [0.717, 1.165) is 11.1 Å². The molecule has 0 saturated heterocycles. The summed E-state index contributed by atoms with van der Waals surface area (Å²) in [6, 6.07) is 3.57. The first-order valence-electron chi connectivity index (χ1n) is 3.83. The molecule has 0 aliphatic rings. The van der Waals surface area contributed by atoms with Gasteiger partial charge in [0.05, 0.1) is 10.9 Å². The predicted octanol–water partition coefficient (Wildman–Crippen LogP) is 1.77. The minimum atomic E-state index is 0.210. The van der Waals surface area contributed by atoms with Crippen LogP contribution in [0.3, 0.4) is 0 Å². The highest BCUT2D eigenvalue weighted by atomic mass is 32.1. The van der Waals surface area contributed by atoms with E-state index in [1.165, 1.54) is 6.33 Å². The molecule has 0 fully saturated rings. The zero-order valence-corrected chi connectivity index (χ0v) is 7.70. The van der Waals surface area contributed by atoms with Crippen LogP contribution in [0.2, 0.25) is 0 Å². The van der Waals surface area contributed by atoms with E-state index >= 15 is 0 Å². The maximum atomic E-state index is 9.57. The van der Waals surface area contributed by atoms with Crippen LogP contribution in [-0.2, 0) is 5.75 Å². The molecule has 0 bridgehead atoms. The normalized spacial score (nSPS) is 10.5. The molecule has 1 heterocycles. The van der Waals surface area contributed by atoms with Crippen LogP contribution in [0.4, 0.5) is 0 Å². The van der Waals surface area contributed by atoms with Gasteiger partial charge in [0.15, 0.2) is 0 Å². The number of phenolic OH excluding ortho intramolecular Hbond substituents is 1. The number of hydrogen-bond donors (Lipinski definition) is 2. The van der Waals surface area contributed by atoms with E-state index in [-0.39, 0.29) is 5.75 Å². The van der Waals surface area contributed by atoms with Crippen molar-refractivity contribution in [2.24, 2.45) is 0 Å². The summed E-state index contributed by atoms with van der Waals surface area (Å²) in [5.41, 5.74) is 1.70. The number of aromatic hydroxyl groups is 1. The lowest BCUT2D eigenvalue weighted by Gasteiger charge is -2.01. The lowest BCUT2D eigenvalue weighted by atomic mass is 10.1. The monoisotopic (exact) mass is 192 g/mol. The van der Waals surface area contributed by atoms with E-state index in [1.807, 2.05) is 6.07 Å². The Labute approximate surface area is 80.9 Å². The van der Waals surface area contributed by atoms with Crippen LogP contribution >= 0.6 is 12.6 Å². The summed E-state index contributed by atoms with van der Waals surface area (Å²) < 4.78 is 0. The van der Waals surface area contributed by atoms with Crippen LogP contribution in [-0.4, -0.2) is 15.1 Å². The molecule has 1 N–H and O–H groups in total. The van der Waals surface area contributed by atoms with Crippen LogP contribution in [0.5, 0.6) is 5.75 Å². The number of nitrogens with zero attached hydrogens (tertiary/aromatic N) is 2. The fourth-order valence-electron chi connectivity index (χ4n) is 1.21. The van der Waals surface area contributed by atoms with Crippen molar-refractivity contribution < 1.29 is 5.11 Å². The average molecular weight is 192 g/mol. The fraction of sp³-hybridized carbons (Fsp3) is 0.111. The molecule has 0 saturated carbocycles. The van der Waals surface area contributed by atoms with E-state index in [2.05, 4.69) is 22.6 Å². The van der Waals surface area contributed by atoms with Gasteiger partial charge in [-0.1, -0.05) is 0 Å². The molecule has 13 heavy (non-hydrogen) atoms. The van der Waals surface area contributed by atoms with E-state index in [0.29, 0.717) is 11.1 Å². The molecule has 0 unspecified atom stereocenters. The molecule has 2 rings (SSSR count). The molecule has 3 nitrogen and oxygen atoms in total. The molecule has 2 aromatic rings. The number of fused-ring (bicyclic) bond motifs is 1. The van der Waals surface area contributed by atoms with E-state index < -0.39 is 0 Å². The van der Waals surface area contributed by atoms with Gasteiger partial charge in [0, 0.05) is 11.9 Å². The van der Waals surface area contributed by atoms with Gasteiger partial charge in [-0.25, -0.2) is 9.97 Å². The van der Waals surface area contributed by atoms with Gasteiger partial charge in [0.25, 0.3) is 0 Å². The highest BCUT2D eigenvalue weighted by Crippen LogP contribution is 2.24. The Morgan fingerprint density at radius 1 is 1.38 bits per heavy atom. The maximum Gasteiger partial charge on any atom is 0.126 e. The van der Waals surface area contributed by atoms with Crippen molar-refractivity contribution in [1.82, 2.24) is 9.97 Å². The summed E-state index contributed by atoms with van der Waals surface area (Å²) in [5.74, 6) is 0.801. The van der Waals surface area contributed by atoms with Gasteiger partial charge >= 0.3 is 0 Å². The predicted molar refractivity (Wildman–Crippen MR) is 53.9 cm³/mol. The lowest BCUT2D eigenvalue weighted by Crippen LogP contribution is -1.84. The molecular formula is C9H8N2OS. The van der Waals surface area contributed by atoms with Gasteiger partial charge in [0.2, 0.25) is 0 Å². The summed E-state index contributed by atoms with van der Waals surface area (Å²) in [7, 11) is 0. The SMILES string of the molecule is Oc1cc(CS)cc2ncncc12. The number of hydrogen-bond acceptors (Lipinski definition) is 4. The number of aromatic nitrogens is 2. The van der Waals surface area contributed by atoms with Gasteiger partial charge in [-0.3, -0.25) is 0 Å². The number of rotatable bonds is 1. The molecule has 66 valence electrons. The first kappa shape index (κ1) is 8.31. The molecule has 0 amide bonds. The Morgan fingerprint density at radius 2 is 2.23 bits per heavy atom. The lowest BCUT2D eigenvalue weighted by molar-refractivity contribution is 0.481. The van der Waals surface area contributed by atoms with Crippen LogP contribution in [0.25, 0.3) is 10.9 Å². The van der Waals surface area contributed by atoms with Gasteiger partial charge in [-0.15, -0.1) is 0 Å². The van der Waals surface area contributed by atoms with Gasteiger partial charge in [-0.05, 0) is 17.7 Å². The van der Waals surface area contributed by atoms with Crippen molar-refractivity contribution in [3.05, 3.63) is 30.2 Å². The molecular weight excluding hydrogens is 184 g/mol. The third kappa shape index (κ3) is 1.45. The van der Waals surface area contributed by atoms with Crippen molar-refractivity contribution in [3.63, 3.8) is 0 Å². The second kappa shape index (κ2) is 3.22. The first-order valence-corrected chi connectivity index (χ1v) is 4.47. The van der Waals surface area contributed by atoms with Gasteiger partial charge in [-0.2, -0.15) is 12.6 Å². The van der Waals surface area contributed by atoms with Gasteiger partial charge in [0.1, 0.15) is 12.1 Å². The van der Waals surface area contributed by atoms with Crippen LogP contribution in [0.1, 0.15) is 5.56 Å². The number of thiol groups is 1. The zero-order valence-electron chi connectivity index (χ0n) is 6.81. The Morgan fingerprint density at radius 3 is 3.00 bits per heavy atom. The molecule has 0 aliphatic carbocycles. The Balaban J connectivity index is 2.77. The molecule has 0 radical (unpaired) electrons. The Kier molecular flexibility index (Phi) is 2.06. The molecule has 1 aromatic heterocycles. The minimum Gasteiger partial charge on any atom is -0.507 e. The van der Waals surface area contributed by atoms with Crippen molar-refractivity contribution in [1.29, 1.82) is 0 Å². The molecule has 4 heteroatoms. The minimum absolute atomic E-state index is 0.210. The number of benzene rings is 1. The zero-order chi connectivity index (χ0) is 9.26. The van der Waals surface area contributed by atoms with E-state index in [4.69, 9.17) is 0 Å². The summed E-state index contributed by atoms with van der Waals surface area (Å²) in [5, 5.41) is 10.2. The Bertz CT molecular complexity index is 445. The molecule has 0 atom stereocenters. The molecule has 0 spiro atoms. The van der Waals surface area contributed by atoms with Gasteiger partial charge < -0.3 is 5.11 Å². The standard InChI is InChI=1S/C9H8N2OS/c12-9-2-6(4-13)1-8-7(9)3-10-5-11-8/h1-3,5,12-13H,4H2. The summed E-state index contributed by atoms with van der Waals surface area (Å²) >= 11 is 4.13. The van der Waals surface area contributed by atoms with E-state index in [9.17, 15) is 5.11 Å². The van der Waals surface area contributed by atoms with Crippen molar-refractivity contribution in [2.75, 3.05) is 0 Å². The van der Waals surface area contributed by atoms with Crippen LogP contribution in [0, 0.1) is 0 Å². The smallest absolute Gasteiger partial charge is 0.126 e. The second-order valence-electron chi connectivity index (χ2n) is 2.73.